The lowest BCUT2D eigenvalue weighted by Gasteiger charge is -2.20. The molecule has 0 atom stereocenters. The molecule has 1 aromatic carbocycles. The maximum Gasteiger partial charge on any atom is 0.244 e. The second-order valence-electron chi connectivity index (χ2n) is 3.31. The monoisotopic (exact) mass is 319 g/mol. The van der Waals surface area contributed by atoms with Gasteiger partial charge >= 0.3 is 0 Å². The van der Waals surface area contributed by atoms with E-state index < -0.39 is 10.0 Å². The fourth-order valence-electron chi connectivity index (χ4n) is 1.36. The lowest BCUT2D eigenvalue weighted by molar-refractivity contribution is 0.260. The number of sulfonamides is 1. The molecule has 0 amide bonds. The van der Waals surface area contributed by atoms with Crippen LogP contribution in [-0.2, 0) is 10.0 Å². The Morgan fingerprint density at radius 2 is 2.06 bits per heavy atom. The van der Waals surface area contributed by atoms with Gasteiger partial charge in [0, 0.05) is 17.6 Å². The van der Waals surface area contributed by atoms with E-state index in [9.17, 15) is 8.42 Å². The first-order chi connectivity index (χ1) is 8.04. The molecule has 0 bridgehead atoms. The lowest BCUT2D eigenvalue weighted by Crippen LogP contribution is -2.33. The molecule has 0 radical (unpaired) electrons. The van der Waals surface area contributed by atoms with E-state index in [0.717, 1.165) is 0 Å². The topological polar surface area (TPSA) is 57.6 Å². The zero-order valence-electron chi connectivity index (χ0n) is 9.21. The van der Waals surface area contributed by atoms with E-state index in [-0.39, 0.29) is 24.6 Å². The first-order valence-corrected chi connectivity index (χ1v) is 7.23. The molecule has 1 rings (SSSR count). The molecule has 0 saturated carbocycles. The molecule has 0 unspecified atom stereocenters. The standard InChI is InChI=1S/C11H14BrNO3S/c1-2-7-13(8-9-14)17(15,16)11-6-4-3-5-10(11)12/h2-6,14H,1,7-9H2. The minimum atomic E-state index is -3.60. The van der Waals surface area contributed by atoms with E-state index in [4.69, 9.17) is 5.11 Å². The predicted molar refractivity (Wildman–Crippen MR) is 70.2 cm³/mol. The van der Waals surface area contributed by atoms with E-state index in [1.165, 1.54) is 16.4 Å². The van der Waals surface area contributed by atoms with Crippen LogP contribution in [-0.4, -0.2) is 37.5 Å². The SMILES string of the molecule is C=CCN(CCO)S(=O)(=O)c1ccccc1Br. The largest absolute Gasteiger partial charge is 0.395 e. The summed E-state index contributed by atoms with van der Waals surface area (Å²) < 4.78 is 26.2. The summed E-state index contributed by atoms with van der Waals surface area (Å²) in [5, 5.41) is 8.89. The number of hydrogen-bond acceptors (Lipinski definition) is 3. The van der Waals surface area contributed by atoms with Gasteiger partial charge in [-0.25, -0.2) is 8.42 Å². The third-order valence-electron chi connectivity index (χ3n) is 2.14. The molecule has 4 nitrogen and oxygen atoms in total. The summed E-state index contributed by atoms with van der Waals surface area (Å²) in [7, 11) is -3.60. The van der Waals surface area contributed by atoms with Crippen molar-refractivity contribution >= 4 is 26.0 Å². The fraction of sp³-hybridized carbons (Fsp3) is 0.273. The number of nitrogens with zero attached hydrogens (tertiary/aromatic N) is 1. The molecular formula is C11H14BrNO3S. The molecule has 0 aromatic heterocycles. The van der Waals surface area contributed by atoms with E-state index in [2.05, 4.69) is 22.5 Å². The summed E-state index contributed by atoms with van der Waals surface area (Å²) in [5.74, 6) is 0. The number of benzene rings is 1. The highest BCUT2D eigenvalue weighted by molar-refractivity contribution is 9.10. The number of halogens is 1. The molecule has 0 saturated heterocycles. The number of aliphatic hydroxyl groups excluding tert-OH is 1. The van der Waals surface area contributed by atoms with Crippen LogP contribution < -0.4 is 0 Å². The highest BCUT2D eigenvalue weighted by atomic mass is 79.9. The third-order valence-corrected chi connectivity index (χ3v) is 5.01. The highest BCUT2D eigenvalue weighted by Crippen LogP contribution is 2.24. The molecule has 0 aliphatic carbocycles. The van der Waals surface area contributed by atoms with Crippen LogP contribution in [0.5, 0.6) is 0 Å². The summed E-state index contributed by atoms with van der Waals surface area (Å²) >= 11 is 3.21. The van der Waals surface area contributed by atoms with Crippen LogP contribution in [0.3, 0.4) is 0 Å². The molecule has 1 N–H and O–H groups in total. The maximum absolute atomic E-state index is 12.3. The Kier molecular flexibility index (Phi) is 5.32. The van der Waals surface area contributed by atoms with Crippen molar-refractivity contribution in [3.05, 3.63) is 41.4 Å². The molecule has 1 aromatic rings. The van der Waals surface area contributed by atoms with Crippen LogP contribution in [0, 0.1) is 0 Å². The summed E-state index contributed by atoms with van der Waals surface area (Å²) in [5.41, 5.74) is 0. The van der Waals surface area contributed by atoms with E-state index in [1.807, 2.05) is 0 Å². The zero-order valence-corrected chi connectivity index (χ0v) is 11.6. The zero-order chi connectivity index (χ0) is 12.9. The molecule has 17 heavy (non-hydrogen) atoms. The quantitative estimate of drug-likeness (QED) is 0.811. The van der Waals surface area contributed by atoms with E-state index >= 15 is 0 Å². The van der Waals surface area contributed by atoms with Gasteiger partial charge in [-0.1, -0.05) is 18.2 Å². The van der Waals surface area contributed by atoms with Crippen LogP contribution in [0.15, 0.2) is 46.3 Å². The minimum absolute atomic E-state index is 0.0513. The van der Waals surface area contributed by atoms with Crippen molar-refractivity contribution in [3.8, 4) is 0 Å². The highest BCUT2D eigenvalue weighted by Gasteiger charge is 2.24. The number of aliphatic hydroxyl groups is 1. The van der Waals surface area contributed by atoms with E-state index in [1.54, 1.807) is 18.2 Å². The average Bonchev–Trinajstić information content (AvgIpc) is 2.29. The molecule has 0 fully saturated rings. The van der Waals surface area contributed by atoms with Crippen molar-refractivity contribution in [2.45, 2.75) is 4.90 Å². The van der Waals surface area contributed by atoms with Crippen LogP contribution >= 0.6 is 15.9 Å². The van der Waals surface area contributed by atoms with Gasteiger partial charge in [0.2, 0.25) is 10.0 Å². The molecule has 94 valence electrons. The van der Waals surface area contributed by atoms with Crippen molar-refractivity contribution in [2.24, 2.45) is 0 Å². The first kappa shape index (κ1) is 14.4. The number of rotatable bonds is 6. The predicted octanol–water partition coefficient (Wildman–Crippen LogP) is 1.62. The summed E-state index contributed by atoms with van der Waals surface area (Å²) in [6, 6.07) is 6.58. The van der Waals surface area contributed by atoms with Gasteiger partial charge in [0.1, 0.15) is 0 Å². The molecule has 0 aliphatic heterocycles. The summed E-state index contributed by atoms with van der Waals surface area (Å²) in [4.78, 5) is 0.190. The lowest BCUT2D eigenvalue weighted by atomic mass is 10.4. The van der Waals surface area contributed by atoms with E-state index in [0.29, 0.717) is 4.47 Å². The Labute approximate surface area is 110 Å². The van der Waals surface area contributed by atoms with Gasteiger partial charge in [0.25, 0.3) is 0 Å². The smallest absolute Gasteiger partial charge is 0.244 e. The Morgan fingerprint density at radius 1 is 1.41 bits per heavy atom. The second kappa shape index (κ2) is 6.30. The number of hydrogen-bond donors (Lipinski definition) is 1. The molecule has 0 spiro atoms. The third kappa shape index (κ3) is 3.38. The molecule has 0 heterocycles. The van der Waals surface area contributed by atoms with Crippen LogP contribution in [0.2, 0.25) is 0 Å². The van der Waals surface area contributed by atoms with Gasteiger partial charge in [-0.15, -0.1) is 6.58 Å². The van der Waals surface area contributed by atoms with Gasteiger partial charge in [0.05, 0.1) is 11.5 Å². The first-order valence-electron chi connectivity index (χ1n) is 5.00. The van der Waals surface area contributed by atoms with Gasteiger partial charge in [-0.3, -0.25) is 0 Å². The fourth-order valence-corrected chi connectivity index (χ4v) is 3.72. The van der Waals surface area contributed by atoms with Gasteiger partial charge in [0.15, 0.2) is 0 Å². The van der Waals surface area contributed by atoms with Crippen molar-refractivity contribution in [1.82, 2.24) is 4.31 Å². The second-order valence-corrected chi connectivity index (χ2v) is 6.07. The van der Waals surface area contributed by atoms with Gasteiger partial charge in [-0.05, 0) is 28.1 Å². The normalized spacial score (nSPS) is 11.7. The Balaban J connectivity index is 3.16. The van der Waals surface area contributed by atoms with Gasteiger partial charge in [-0.2, -0.15) is 4.31 Å². The Morgan fingerprint density at radius 3 is 2.59 bits per heavy atom. The molecule has 0 aliphatic rings. The summed E-state index contributed by atoms with van der Waals surface area (Å²) in [6.45, 7) is 3.51. The molecular weight excluding hydrogens is 306 g/mol. The van der Waals surface area contributed by atoms with Crippen molar-refractivity contribution in [1.29, 1.82) is 0 Å². The van der Waals surface area contributed by atoms with Crippen molar-refractivity contribution in [2.75, 3.05) is 19.7 Å². The van der Waals surface area contributed by atoms with Crippen molar-refractivity contribution in [3.63, 3.8) is 0 Å². The Bertz CT molecular complexity index is 487. The summed E-state index contributed by atoms with van der Waals surface area (Å²) in [6.07, 6.45) is 1.49. The van der Waals surface area contributed by atoms with Crippen LogP contribution in [0.4, 0.5) is 0 Å². The average molecular weight is 320 g/mol. The molecule has 6 heteroatoms. The minimum Gasteiger partial charge on any atom is -0.395 e. The Hall–Kier alpha value is -0.690. The van der Waals surface area contributed by atoms with Gasteiger partial charge < -0.3 is 5.11 Å². The van der Waals surface area contributed by atoms with Crippen LogP contribution in [0.25, 0.3) is 0 Å². The van der Waals surface area contributed by atoms with Crippen molar-refractivity contribution < 1.29 is 13.5 Å². The maximum atomic E-state index is 12.3. The van der Waals surface area contributed by atoms with Crippen LogP contribution in [0.1, 0.15) is 0 Å².